The van der Waals surface area contributed by atoms with Crippen LogP contribution in [0.15, 0.2) is 24.3 Å². The molecule has 0 N–H and O–H groups in total. The lowest BCUT2D eigenvalue weighted by molar-refractivity contribution is 0.711. The van der Waals surface area contributed by atoms with Crippen LogP contribution in [0.1, 0.15) is 6.92 Å². The fourth-order valence-corrected chi connectivity index (χ4v) is 2.03. The van der Waals surface area contributed by atoms with Gasteiger partial charge in [0.05, 0.1) is 17.5 Å². The summed E-state index contributed by atoms with van der Waals surface area (Å²) in [5.41, 5.74) is 0.809. The molecule has 1 atom stereocenters. The molecule has 1 heterocycles. The molecule has 0 aliphatic carbocycles. The Morgan fingerprint density at radius 3 is 2.83 bits per heavy atom. The molecule has 0 bridgehead atoms. The molecule has 92 valence electrons. The van der Waals surface area contributed by atoms with Crippen LogP contribution in [0.2, 0.25) is 5.28 Å². The molecule has 0 radical (unpaired) electrons. The predicted octanol–water partition coefficient (Wildman–Crippen LogP) is 2.88. The topological polar surface area (TPSA) is 52.8 Å². The van der Waals surface area contributed by atoms with Crippen molar-refractivity contribution < 1.29 is 0 Å². The van der Waals surface area contributed by atoms with Gasteiger partial charge < -0.3 is 4.90 Å². The third-order valence-corrected chi connectivity index (χ3v) is 2.85. The Bertz CT molecular complexity index is 605. The van der Waals surface area contributed by atoms with Gasteiger partial charge in [0.2, 0.25) is 5.28 Å². The standard InChI is InChI=1S/C13H13ClN4/c1-9(7-15)8-18(2)12-10-5-3-4-6-11(10)16-13(14)17-12/h3-6,9H,8H2,1-2H3. The number of rotatable bonds is 3. The van der Waals surface area contributed by atoms with E-state index in [0.717, 1.165) is 16.7 Å². The fourth-order valence-electron chi connectivity index (χ4n) is 1.86. The average molecular weight is 261 g/mol. The highest BCUT2D eigenvalue weighted by Gasteiger charge is 2.12. The minimum Gasteiger partial charge on any atom is -0.358 e. The summed E-state index contributed by atoms with van der Waals surface area (Å²) >= 11 is 5.92. The van der Waals surface area contributed by atoms with Gasteiger partial charge in [0.25, 0.3) is 0 Å². The average Bonchev–Trinajstić information content (AvgIpc) is 2.37. The highest BCUT2D eigenvalue weighted by atomic mass is 35.5. The van der Waals surface area contributed by atoms with Gasteiger partial charge in [0.1, 0.15) is 5.82 Å². The van der Waals surface area contributed by atoms with Crippen LogP contribution in [0.5, 0.6) is 0 Å². The first-order valence-corrected chi connectivity index (χ1v) is 6.02. The maximum Gasteiger partial charge on any atom is 0.224 e. The number of benzene rings is 1. The number of hydrogen-bond acceptors (Lipinski definition) is 4. The molecule has 0 saturated heterocycles. The molecular formula is C13H13ClN4. The van der Waals surface area contributed by atoms with E-state index in [9.17, 15) is 0 Å². The number of hydrogen-bond donors (Lipinski definition) is 0. The van der Waals surface area contributed by atoms with E-state index < -0.39 is 0 Å². The largest absolute Gasteiger partial charge is 0.358 e. The van der Waals surface area contributed by atoms with Crippen LogP contribution in [-0.4, -0.2) is 23.6 Å². The molecule has 1 aromatic heterocycles. The second-order valence-electron chi connectivity index (χ2n) is 4.24. The normalized spacial score (nSPS) is 12.1. The van der Waals surface area contributed by atoms with E-state index in [1.54, 1.807) is 0 Å². The molecule has 2 aromatic rings. The van der Waals surface area contributed by atoms with Gasteiger partial charge >= 0.3 is 0 Å². The van der Waals surface area contributed by atoms with E-state index in [4.69, 9.17) is 16.9 Å². The number of fused-ring (bicyclic) bond motifs is 1. The van der Waals surface area contributed by atoms with E-state index in [1.165, 1.54) is 0 Å². The van der Waals surface area contributed by atoms with Crippen LogP contribution in [0, 0.1) is 17.2 Å². The summed E-state index contributed by atoms with van der Waals surface area (Å²) < 4.78 is 0. The molecule has 0 saturated carbocycles. The molecule has 0 aliphatic rings. The molecule has 0 aliphatic heterocycles. The number of para-hydroxylation sites is 1. The zero-order chi connectivity index (χ0) is 13.1. The lowest BCUT2D eigenvalue weighted by Crippen LogP contribution is -2.24. The number of aromatic nitrogens is 2. The maximum absolute atomic E-state index is 8.86. The van der Waals surface area contributed by atoms with Crippen LogP contribution in [-0.2, 0) is 0 Å². The lowest BCUT2D eigenvalue weighted by Gasteiger charge is -2.20. The van der Waals surface area contributed by atoms with Crippen LogP contribution in [0.3, 0.4) is 0 Å². The fraction of sp³-hybridized carbons (Fsp3) is 0.308. The van der Waals surface area contributed by atoms with Crippen LogP contribution in [0.25, 0.3) is 10.9 Å². The number of nitriles is 1. The highest BCUT2D eigenvalue weighted by molar-refractivity contribution is 6.28. The number of halogens is 1. The molecule has 0 amide bonds. The lowest BCUT2D eigenvalue weighted by atomic mass is 10.2. The van der Waals surface area contributed by atoms with Gasteiger partial charge in [-0.2, -0.15) is 10.2 Å². The second kappa shape index (κ2) is 5.19. The van der Waals surface area contributed by atoms with E-state index in [0.29, 0.717) is 6.54 Å². The summed E-state index contributed by atoms with van der Waals surface area (Å²) in [4.78, 5) is 10.4. The van der Waals surface area contributed by atoms with Gasteiger partial charge in [-0.25, -0.2) is 4.98 Å². The third kappa shape index (κ3) is 2.52. The Labute approximate surface area is 111 Å². The Morgan fingerprint density at radius 2 is 2.11 bits per heavy atom. The molecule has 1 aromatic carbocycles. The number of nitrogens with zero attached hydrogens (tertiary/aromatic N) is 4. The quantitative estimate of drug-likeness (QED) is 0.797. The third-order valence-electron chi connectivity index (χ3n) is 2.69. The van der Waals surface area contributed by atoms with Crippen molar-refractivity contribution in [3.8, 4) is 6.07 Å². The molecule has 1 unspecified atom stereocenters. The summed E-state index contributed by atoms with van der Waals surface area (Å²) in [5.74, 6) is 0.690. The first kappa shape index (κ1) is 12.6. The minimum absolute atomic E-state index is 0.0671. The summed E-state index contributed by atoms with van der Waals surface area (Å²) in [7, 11) is 1.90. The summed E-state index contributed by atoms with van der Waals surface area (Å²) in [6.45, 7) is 2.48. The molecule has 5 heteroatoms. The summed E-state index contributed by atoms with van der Waals surface area (Å²) in [6, 6.07) is 9.91. The Hall–Kier alpha value is -1.86. The van der Waals surface area contributed by atoms with E-state index in [1.807, 2.05) is 43.1 Å². The van der Waals surface area contributed by atoms with Crippen molar-refractivity contribution in [3.05, 3.63) is 29.5 Å². The predicted molar refractivity (Wildman–Crippen MR) is 72.6 cm³/mol. The van der Waals surface area contributed by atoms with Crippen LogP contribution < -0.4 is 4.90 Å². The van der Waals surface area contributed by atoms with Crippen molar-refractivity contribution in [2.24, 2.45) is 5.92 Å². The van der Waals surface area contributed by atoms with E-state index in [-0.39, 0.29) is 11.2 Å². The SMILES string of the molecule is CC(C#N)CN(C)c1nc(Cl)nc2ccccc12. The van der Waals surface area contributed by atoms with Crippen LogP contribution in [0.4, 0.5) is 5.82 Å². The van der Waals surface area contributed by atoms with E-state index in [2.05, 4.69) is 16.0 Å². The van der Waals surface area contributed by atoms with Gasteiger partial charge in [-0.15, -0.1) is 0 Å². The first-order valence-electron chi connectivity index (χ1n) is 5.65. The van der Waals surface area contributed by atoms with Crippen molar-refractivity contribution in [2.75, 3.05) is 18.5 Å². The van der Waals surface area contributed by atoms with Crippen molar-refractivity contribution in [1.29, 1.82) is 5.26 Å². The molecular weight excluding hydrogens is 248 g/mol. The molecule has 18 heavy (non-hydrogen) atoms. The zero-order valence-corrected chi connectivity index (χ0v) is 11.0. The molecule has 0 fully saturated rings. The summed E-state index contributed by atoms with van der Waals surface area (Å²) in [5, 5.41) is 10.0. The van der Waals surface area contributed by atoms with Gasteiger partial charge in [-0.3, -0.25) is 0 Å². The van der Waals surface area contributed by atoms with Crippen molar-refractivity contribution in [3.63, 3.8) is 0 Å². The van der Waals surface area contributed by atoms with Gasteiger partial charge in [0.15, 0.2) is 0 Å². The Balaban J connectivity index is 2.46. The first-order chi connectivity index (χ1) is 8.61. The van der Waals surface area contributed by atoms with Crippen LogP contribution >= 0.6 is 11.6 Å². The monoisotopic (exact) mass is 260 g/mol. The Kier molecular flexibility index (Phi) is 3.63. The smallest absolute Gasteiger partial charge is 0.224 e. The van der Waals surface area contributed by atoms with Gasteiger partial charge in [-0.05, 0) is 30.7 Å². The number of anilines is 1. The van der Waals surface area contributed by atoms with Crippen molar-refractivity contribution in [2.45, 2.75) is 6.92 Å². The maximum atomic E-state index is 8.86. The van der Waals surface area contributed by atoms with Gasteiger partial charge in [-0.1, -0.05) is 12.1 Å². The molecule has 0 spiro atoms. The van der Waals surface area contributed by atoms with E-state index >= 15 is 0 Å². The Morgan fingerprint density at radius 1 is 1.39 bits per heavy atom. The molecule has 4 nitrogen and oxygen atoms in total. The van der Waals surface area contributed by atoms with Gasteiger partial charge in [0, 0.05) is 19.0 Å². The zero-order valence-electron chi connectivity index (χ0n) is 10.3. The highest BCUT2D eigenvalue weighted by Crippen LogP contribution is 2.24. The minimum atomic E-state index is -0.0671. The van der Waals surface area contributed by atoms with Crippen molar-refractivity contribution >= 4 is 28.3 Å². The van der Waals surface area contributed by atoms with Crippen molar-refractivity contribution in [1.82, 2.24) is 9.97 Å². The summed E-state index contributed by atoms with van der Waals surface area (Å²) in [6.07, 6.45) is 0. The molecule has 2 rings (SSSR count). The second-order valence-corrected chi connectivity index (χ2v) is 4.58.